The van der Waals surface area contributed by atoms with Gasteiger partial charge in [0.15, 0.2) is 5.82 Å². The number of hydrogen-bond donors (Lipinski definition) is 1. The summed E-state index contributed by atoms with van der Waals surface area (Å²) in [6.45, 7) is 14.6. The van der Waals surface area contributed by atoms with Crippen LogP contribution in [0.25, 0.3) is 0 Å². The van der Waals surface area contributed by atoms with E-state index in [0.717, 1.165) is 31.5 Å². The number of aromatic nitrogens is 2. The molecular formula is C24H36N4O2. The van der Waals surface area contributed by atoms with E-state index in [-0.39, 0.29) is 11.3 Å². The number of rotatable bonds is 7. The molecule has 1 aliphatic heterocycles. The van der Waals surface area contributed by atoms with Gasteiger partial charge in [-0.25, -0.2) is 0 Å². The van der Waals surface area contributed by atoms with Crippen LogP contribution in [-0.2, 0) is 29.7 Å². The van der Waals surface area contributed by atoms with Gasteiger partial charge in [-0.15, -0.1) is 0 Å². The van der Waals surface area contributed by atoms with Gasteiger partial charge in [0.25, 0.3) is 0 Å². The van der Waals surface area contributed by atoms with Crippen molar-refractivity contribution in [1.82, 2.24) is 20.4 Å². The van der Waals surface area contributed by atoms with E-state index in [1.807, 2.05) is 26.8 Å². The van der Waals surface area contributed by atoms with Gasteiger partial charge >= 0.3 is 0 Å². The maximum absolute atomic E-state index is 12.4. The van der Waals surface area contributed by atoms with E-state index < -0.39 is 0 Å². The summed E-state index contributed by atoms with van der Waals surface area (Å²) < 4.78 is 5.28. The lowest BCUT2D eigenvalue weighted by molar-refractivity contribution is -0.121. The molecule has 1 aromatic heterocycles. The standard InChI is InChI=1S/C24H36N4O2/c1-17-12-18(2)15-28(14-17)16-20-9-7-6-8-19(20)13-25-21(29)10-11-22-26-23(27-30-22)24(3,4)5/h6-9,17-18H,10-16H2,1-5H3,(H,25,29)/t17-,18+. The summed E-state index contributed by atoms with van der Waals surface area (Å²) in [4.78, 5) is 19.3. The Morgan fingerprint density at radius 3 is 2.47 bits per heavy atom. The van der Waals surface area contributed by atoms with Crippen LogP contribution in [0, 0.1) is 11.8 Å². The molecule has 0 aliphatic carbocycles. The average Bonchev–Trinajstić information content (AvgIpc) is 3.14. The molecule has 0 spiro atoms. The van der Waals surface area contributed by atoms with E-state index in [4.69, 9.17) is 4.52 Å². The predicted molar refractivity (Wildman–Crippen MR) is 118 cm³/mol. The van der Waals surface area contributed by atoms with Crippen LogP contribution in [0.5, 0.6) is 0 Å². The molecule has 2 heterocycles. The van der Waals surface area contributed by atoms with Crippen molar-refractivity contribution in [2.75, 3.05) is 13.1 Å². The molecule has 1 amide bonds. The molecule has 1 aromatic carbocycles. The second-order valence-electron chi connectivity index (χ2n) is 9.95. The number of carbonyl (C=O) groups excluding carboxylic acids is 1. The summed E-state index contributed by atoms with van der Waals surface area (Å²) >= 11 is 0. The highest BCUT2D eigenvalue weighted by atomic mass is 16.5. The van der Waals surface area contributed by atoms with E-state index in [1.165, 1.54) is 17.5 Å². The Kier molecular flexibility index (Phi) is 7.29. The third-order valence-corrected chi connectivity index (χ3v) is 5.64. The summed E-state index contributed by atoms with van der Waals surface area (Å²) in [6, 6.07) is 8.41. The first kappa shape index (κ1) is 22.5. The minimum atomic E-state index is -0.155. The topological polar surface area (TPSA) is 71.3 Å². The molecule has 1 saturated heterocycles. The highest BCUT2D eigenvalue weighted by Crippen LogP contribution is 2.23. The first-order valence-electron chi connectivity index (χ1n) is 11.1. The fourth-order valence-electron chi connectivity index (χ4n) is 4.21. The van der Waals surface area contributed by atoms with Crippen LogP contribution >= 0.6 is 0 Å². The highest BCUT2D eigenvalue weighted by Gasteiger charge is 2.23. The maximum Gasteiger partial charge on any atom is 0.227 e. The molecule has 0 bridgehead atoms. The van der Waals surface area contributed by atoms with Crippen molar-refractivity contribution in [2.24, 2.45) is 11.8 Å². The number of piperidine rings is 1. The van der Waals surface area contributed by atoms with Crippen molar-refractivity contribution in [3.05, 3.63) is 47.1 Å². The maximum atomic E-state index is 12.4. The quantitative estimate of drug-likeness (QED) is 0.741. The number of carbonyl (C=O) groups is 1. The monoisotopic (exact) mass is 412 g/mol. The molecular weight excluding hydrogens is 376 g/mol. The molecule has 3 rings (SSSR count). The van der Waals surface area contributed by atoms with E-state index in [9.17, 15) is 4.79 Å². The zero-order chi connectivity index (χ0) is 21.7. The number of nitrogens with one attached hydrogen (secondary N) is 1. The van der Waals surface area contributed by atoms with Crippen molar-refractivity contribution in [2.45, 2.75) is 72.4 Å². The van der Waals surface area contributed by atoms with E-state index in [0.29, 0.717) is 31.1 Å². The Balaban J connectivity index is 1.50. The number of hydrogen-bond acceptors (Lipinski definition) is 5. The Hall–Kier alpha value is -2.21. The number of likely N-dealkylation sites (tertiary alicyclic amines) is 1. The lowest BCUT2D eigenvalue weighted by Gasteiger charge is -2.35. The third kappa shape index (κ3) is 6.39. The molecule has 1 N–H and O–H groups in total. The predicted octanol–water partition coefficient (Wildman–Crippen LogP) is 4.09. The largest absolute Gasteiger partial charge is 0.352 e. The molecule has 2 atom stereocenters. The van der Waals surface area contributed by atoms with Crippen LogP contribution in [-0.4, -0.2) is 34.0 Å². The molecule has 1 fully saturated rings. The zero-order valence-electron chi connectivity index (χ0n) is 19.1. The molecule has 2 aromatic rings. The lowest BCUT2D eigenvalue weighted by Crippen LogP contribution is -2.38. The van der Waals surface area contributed by atoms with Crippen LogP contribution < -0.4 is 5.32 Å². The number of aryl methyl sites for hydroxylation is 1. The normalized spacial score (nSPS) is 20.3. The molecule has 0 radical (unpaired) electrons. The lowest BCUT2D eigenvalue weighted by atomic mass is 9.91. The smallest absolute Gasteiger partial charge is 0.227 e. The van der Waals surface area contributed by atoms with Gasteiger partial charge in [-0.2, -0.15) is 4.98 Å². The zero-order valence-corrected chi connectivity index (χ0v) is 19.1. The summed E-state index contributed by atoms with van der Waals surface area (Å²) in [7, 11) is 0. The molecule has 0 unspecified atom stereocenters. The second kappa shape index (κ2) is 9.73. The summed E-state index contributed by atoms with van der Waals surface area (Å²) in [5.74, 6) is 2.67. The number of amides is 1. The summed E-state index contributed by atoms with van der Waals surface area (Å²) in [6.07, 6.45) is 2.11. The van der Waals surface area contributed by atoms with Crippen LogP contribution in [0.3, 0.4) is 0 Å². The fraction of sp³-hybridized carbons (Fsp3) is 0.625. The van der Waals surface area contributed by atoms with E-state index in [2.05, 4.69) is 52.4 Å². The second-order valence-corrected chi connectivity index (χ2v) is 9.95. The van der Waals surface area contributed by atoms with Crippen molar-refractivity contribution >= 4 is 5.91 Å². The van der Waals surface area contributed by atoms with E-state index >= 15 is 0 Å². The van der Waals surface area contributed by atoms with Crippen molar-refractivity contribution in [1.29, 1.82) is 0 Å². The van der Waals surface area contributed by atoms with Gasteiger partial charge in [0.05, 0.1) is 0 Å². The van der Waals surface area contributed by atoms with Crippen LogP contribution in [0.15, 0.2) is 28.8 Å². The number of nitrogens with zero attached hydrogens (tertiary/aromatic N) is 3. The Bertz CT molecular complexity index is 830. The SMILES string of the molecule is C[C@@H]1C[C@H](C)CN(Cc2ccccc2CNC(=O)CCc2nc(C(C)(C)C)no2)C1. The van der Waals surface area contributed by atoms with Gasteiger partial charge in [-0.3, -0.25) is 9.69 Å². The fourth-order valence-corrected chi connectivity index (χ4v) is 4.21. The van der Waals surface area contributed by atoms with Crippen LogP contribution in [0.2, 0.25) is 0 Å². The molecule has 164 valence electrons. The van der Waals surface area contributed by atoms with Gasteiger partial charge in [0.1, 0.15) is 0 Å². The first-order chi connectivity index (χ1) is 14.2. The average molecular weight is 413 g/mol. The van der Waals surface area contributed by atoms with Gasteiger partial charge < -0.3 is 9.84 Å². The van der Waals surface area contributed by atoms with Crippen molar-refractivity contribution < 1.29 is 9.32 Å². The van der Waals surface area contributed by atoms with E-state index in [1.54, 1.807) is 0 Å². The van der Waals surface area contributed by atoms with Gasteiger partial charge in [-0.05, 0) is 29.4 Å². The van der Waals surface area contributed by atoms with Crippen molar-refractivity contribution in [3.63, 3.8) is 0 Å². The number of benzene rings is 1. The highest BCUT2D eigenvalue weighted by molar-refractivity contribution is 5.76. The molecule has 0 saturated carbocycles. The van der Waals surface area contributed by atoms with Gasteiger partial charge in [-0.1, -0.05) is 64.0 Å². The van der Waals surface area contributed by atoms with Gasteiger partial charge in [0.2, 0.25) is 11.8 Å². The summed E-state index contributed by atoms with van der Waals surface area (Å²) in [5.41, 5.74) is 2.33. The van der Waals surface area contributed by atoms with Gasteiger partial charge in [0, 0.05) is 44.4 Å². The Morgan fingerprint density at radius 2 is 1.83 bits per heavy atom. The molecule has 6 nitrogen and oxygen atoms in total. The Labute approximate surface area is 180 Å². The molecule has 1 aliphatic rings. The molecule has 6 heteroatoms. The Morgan fingerprint density at radius 1 is 1.17 bits per heavy atom. The minimum Gasteiger partial charge on any atom is -0.352 e. The van der Waals surface area contributed by atoms with Crippen LogP contribution in [0.1, 0.15) is 70.3 Å². The van der Waals surface area contributed by atoms with Crippen LogP contribution in [0.4, 0.5) is 0 Å². The third-order valence-electron chi connectivity index (χ3n) is 5.64. The minimum absolute atomic E-state index is 0.000490. The molecule has 30 heavy (non-hydrogen) atoms. The first-order valence-corrected chi connectivity index (χ1v) is 11.1. The summed E-state index contributed by atoms with van der Waals surface area (Å²) in [5, 5.41) is 7.07. The van der Waals surface area contributed by atoms with Crippen molar-refractivity contribution in [3.8, 4) is 0 Å².